The van der Waals surface area contributed by atoms with E-state index in [1.165, 1.54) is 0 Å². The van der Waals surface area contributed by atoms with E-state index in [4.69, 9.17) is 19.9 Å². The summed E-state index contributed by atoms with van der Waals surface area (Å²) in [5.41, 5.74) is 9.35. The van der Waals surface area contributed by atoms with Crippen molar-refractivity contribution >= 4 is 17.4 Å². The first-order chi connectivity index (χ1) is 12.2. The molecule has 0 atom stereocenters. The molecule has 0 saturated carbocycles. The van der Waals surface area contributed by atoms with Gasteiger partial charge in [-0.25, -0.2) is 4.68 Å². The van der Waals surface area contributed by atoms with Crippen molar-refractivity contribution in [3.63, 3.8) is 0 Å². The average Bonchev–Trinajstić information content (AvgIpc) is 3.29. The molecule has 0 amide bonds. The standard InChI is InChI=1S/C17H16N4O3S/c1-22-14-6-11(7-15-17(14)24-9-23-15)21-13(8-19-20-21)10-3-4-16(25-2)12(18)5-10/h3-8H,9,18H2,1-2H3. The Bertz CT molecular complexity index is 942. The second kappa shape index (κ2) is 6.21. The third-order valence-corrected chi connectivity index (χ3v) is 4.77. The van der Waals surface area contributed by atoms with Crippen LogP contribution >= 0.6 is 11.8 Å². The van der Waals surface area contributed by atoms with Gasteiger partial charge in [-0.15, -0.1) is 16.9 Å². The molecule has 2 aromatic carbocycles. The summed E-state index contributed by atoms with van der Waals surface area (Å²) in [5, 5.41) is 8.25. The van der Waals surface area contributed by atoms with Crippen LogP contribution in [0.4, 0.5) is 5.69 Å². The van der Waals surface area contributed by atoms with Crippen molar-refractivity contribution in [2.75, 3.05) is 25.9 Å². The van der Waals surface area contributed by atoms with E-state index in [2.05, 4.69) is 10.3 Å². The van der Waals surface area contributed by atoms with Gasteiger partial charge < -0.3 is 19.9 Å². The van der Waals surface area contributed by atoms with Crippen LogP contribution in [0.25, 0.3) is 16.9 Å². The minimum absolute atomic E-state index is 0.173. The van der Waals surface area contributed by atoms with Crippen LogP contribution in [-0.4, -0.2) is 35.2 Å². The van der Waals surface area contributed by atoms with Crippen LogP contribution in [0.15, 0.2) is 41.4 Å². The number of rotatable bonds is 4. The molecule has 1 aromatic heterocycles. The van der Waals surface area contributed by atoms with Crippen molar-refractivity contribution in [1.82, 2.24) is 15.0 Å². The van der Waals surface area contributed by atoms with Crippen LogP contribution in [-0.2, 0) is 0 Å². The Morgan fingerprint density at radius 2 is 2.12 bits per heavy atom. The number of ether oxygens (including phenoxy) is 3. The highest BCUT2D eigenvalue weighted by molar-refractivity contribution is 7.98. The summed E-state index contributed by atoms with van der Waals surface area (Å²) in [6.45, 7) is 0.173. The smallest absolute Gasteiger partial charge is 0.231 e. The summed E-state index contributed by atoms with van der Waals surface area (Å²) in [7, 11) is 1.59. The van der Waals surface area contributed by atoms with E-state index in [9.17, 15) is 0 Å². The second-order valence-electron chi connectivity index (χ2n) is 5.37. The Morgan fingerprint density at radius 3 is 2.88 bits per heavy atom. The van der Waals surface area contributed by atoms with Gasteiger partial charge in [0.15, 0.2) is 11.5 Å². The summed E-state index contributed by atoms with van der Waals surface area (Å²) < 4.78 is 18.0. The lowest BCUT2D eigenvalue weighted by Crippen LogP contribution is -2.01. The Kier molecular flexibility index (Phi) is 3.89. The first kappa shape index (κ1) is 15.6. The lowest BCUT2D eigenvalue weighted by Gasteiger charge is -2.11. The number of nitrogens with zero attached hydrogens (tertiary/aromatic N) is 3. The third-order valence-electron chi connectivity index (χ3n) is 3.96. The van der Waals surface area contributed by atoms with Crippen molar-refractivity contribution < 1.29 is 14.2 Å². The molecule has 0 spiro atoms. The highest BCUT2D eigenvalue weighted by Crippen LogP contribution is 2.43. The number of hydrogen-bond acceptors (Lipinski definition) is 7. The Morgan fingerprint density at radius 1 is 1.24 bits per heavy atom. The number of nitrogens with two attached hydrogens (primary N) is 1. The maximum atomic E-state index is 6.12. The summed E-state index contributed by atoms with van der Waals surface area (Å²) in [5.74, 6) is 1.80. The number of aromatic nitrogens is 3. The van der Waals surface area contributed by atoms with Gasteiger partial charge in [0.2, 0.25) is 12.5 Å². The van der Waals surface area contributed by atoms with Gasteiger partial charge in [-0.2, -0.15) is 0 Å². The minimum atomic E-state index is 0.173. The number of thioether (sulfide) groups is 1. The van der Waals surface area contributed by atoms with Crippen LogP contribution in [0.1, 0.15) is 0 Å². The van der Waals surface area contributed by atoms with Crippen molar-refractivity contribution in [3.05, 3.63) is 36.5 Å². The Labute approximate surface area is 148 Å². The van der Waals surface area contributed by atoms with Crippen molar-refractivity contribution in [3.8, 4) is 34.2 Å². The molecule has 3 aromatic rings. The minimum Gasteiger partial charge on any atom is -0.493 e. The maximum Gasteiger partial charge on any atom is 0.231 e. The zero-order chi connectivity index (χ0) is 17.4. The molecule has 0 unspecified atom stereocenters. The SMILES string of the molecule is COc1cc(-n2nncc2-c2ccc(SC)c(N)c2)cc2c1OCO2. The van der Waals surface area contributed by atoms with Gasteiger partial charge in [-0.1, -0.05) is 11.3 Å². The summed E-state index contributed by atoms with van der Waals surface area (Å²) in [4.78, 5) is 1.03. The van der Waals surface area contributed by atoms with E-state index in [1.807, 2.05) is 36.6 Å². The molecule has 0 fully saturated rings. The lowest BCUT2D eigenvalue weighted by molar-refractivity contribution is 0.171. The number of nitrogen functional groups attached to an aromatic ring is 1. The average molecular weight is 356 g/mol. The molecule has 1 aliphatic rings. The molecule has 0 aliphatic carbocycles. The first-order valence-electron chi connectivity index (χ1n) is 7.54. The quantitative estimate of drug-likeness (QED) is 0.568. The molecule has 0 saturated heterocycles. The molecular weight excluding hydrogens is 340 g/mol. The molecule has 0 bridgehead atoms. The Balaban J connectivity index is 1.82. The molecule has 4 rings (SSSR count). The second-order valence-corrected chi connectivity index (χ2v) is 6.22. The number of benzene rings is 2. The topological polar surface area (TPSA) is 84.4 Å². The molecule has 2 heterocycles. The number of hydrogen-bond donors (Lipinski definition) is 1. The van der Waals surface area contributed by atoms with Crippen LogP contribution in [0, 0.1) is 0 Å². The highest BCUT2D eigenvalue weighted by atomic mass is 32.2. The van der Waals surface area contributed by atoms with E-state index < -0.39 is 0 Å². The zero-order valence-corrected chi connectivity index (χ0v) is 14.5. The van der Waals surface area contributed by atoms with Gasteiger partial charge >= 0.3 is 0 Å². The van der Waals surface area contributed by atoms with Crippen LogP contribution in [0.5, 0.6) is 17.2 Å². The largest absolute Gasteiger partial charge is 0.493 e. The highest BCUT2D eigenvalue weighted by Gasteiger charge is 2.22. The van der Waals surface area contributed by atoms with Crippen molar-refractivity contribution in [1.29, 1.82) is 0 Å². The lowest BCUT2D eigenvalue weighted by atomic mass is 10.1. The van der Waals surface area contributed by atoms with Gasteiger partial charge in [0.1, 0.15) is 0 Å². The molecule has 2 N–H and O–H groups in total. The van der Waals surface area contributed by atoms with E-state index in [-0.39, 0.29) is 6.79 Å². The monoisotopic (exact) mass is 356 g/mol. The van der Waals surface area contributed by atoms with Gasteiger partial charge in [0, 0.05) is 28.3 Å². The molecule has 0 radical (unpaired) electrons. The summed E-state index contributed by atoms with van der Waals surface area (Å²) >= 11 is 1.61. The van der Waals surface area contributed by atoms with E-state index in [1.54, 1.807) is 29.8 Å². The fourth-order valence-electron chi connectivity index (χ4n) is 2.75. The van der Waals surface area contributed by atoms with Gasteiger partial charge in [-0.3, -0.25) is 0 Å². The summed E-state index contributed by atoms with van der Waals surface area (Å²) in [6.07, 6.45) is 3.70. The van der Waals surface area contributed by atoms with E-state index in [0.717, 1.165) is 27.5 Å². The molecule has 8 heteroatoms. The van der Waals surface area contributed by atoms with Crippen LogP contribution in [0.2, 0.25) is 0 Å². The first-order valence-corrected chi connectivity index (χ1v) is 8.76. The van der Waals surface area contributed by atoms with Gasteiger partial charge in [-0.05, 0) is 18.4 Å². The fourth-order valence-corrected chi connectivity index (χ4v) is 3.25. The fraction of sp³-hybridized carbons (Fsp3) is 0.176. The predicted molar refractivity (Wildman–Crippen MR) is 95.7 cm³/mol. The van der Waals surface area contributed by atoms with E-state index >= 15 is 0 Å². The molecular formula is C17H16N4O3S. The molecule has 25 heavy (non-hydrogen) atoms. The normalized spacial score (nSPS) is 12.4. The molecule has 7 nitrogen and oxygen atoms in total. The van der Waals surface area contributed by atoms with Crippen LogP contribution in [0.3, 0.4) is 0 Å². The van der Waals surface area contributed by atoms with Crippen LogP contribution < -0.4 is 19.9 Å². The predicted octanol–water partition coefficient (Wildman–Crippen LogP) is 2.98. The van der Waals surface area contributed by atoms with Gasteiger partial charge in [0.25, 0.3) is 0 Å². The number of fused-ring (bicyclic) bond motifs is 1. The van der Waals surface area contributed by atoms with Crippen molar-refractivity contribution in [2.24, 2.45) is 0 Å². The molecule has 1 aliphatic heterocycles. The maximum absolute atomic E-state index is 6.12. The molecule has 128 valence electrons. The number of anilines is 1. The zero-order valence-electron chi connectivity index (χ0n) is 13.7. The Hall–Kier alpha value is -2.87. The van der Waals surface area contributed by atoms with Gasteiger partial charge in [0.05, 0.1) is 24.7 Å². The number of methoxy groups -OCH3 is 1. The van der Waals surface area contributed by atoms with Crippen molar-refractivity contribution in [2.45, 2.75) is 4.90 Å². The van der Waals surface area contributed by atoms with E-state index in [0.29, 0.717) is 17.2 Å². The third kappa shape index (κ3) is 2.64. The summed E-state index contributed by atoms with van der Waals surface area (Å²) in [6, 6.07) is 9.60.